The van der Waals surface area contributed by atoms with Crippen LogP contribution in [0.1, 0.15) is 32.6 Å². The Balaban J connectivity index is 1.43. The van der Waals surface area contributed by atoms with E-state index in [1.54, 1.807) is 6.07 Å². The molecule has 1 amide bonds. The number of benzene rings is 3. The van der Waals surface area contributed by atoms with E-state index in [0.29, 0.717) is 5.56 Å². The van der Waals surface area contributed by atoms with E-state index in [9.17, 15) is 9.18 Å². The number of carbonyl (C=O) groups is 1. The van der Waals surface area contributed by atoms with E-state index in [-0.39, 0.29) is 11.7 Å². The van der Waals surface area contributed by atoms with Crippen LogP contribution in [0.25, 0.3) is 0 Å². The number of nitrogens with one attached hydrogen (secondary N) is 1. The van der Waals surface area contributed by atoms with Gasteiger partial charge in [0.2, 0.25) is 0 Å². The van der Waals surface area contributed by atoms with Crippen molar-refractivity contribution in [3.05, 3.63) is 100 Å². The third-order valence-electron chi connectivity index (χ3n) is 5.16. The number of nitrogens with zero attached hydrogens (tertiary/aromatic N) is 1. The van der Waals surface area contributed by atoms with Crippen LogP contribution in [0.5, 0.6) is 0 Å². The molecule has 0 bridgehead atoms. The summed E-state index contributed by atoms with van der Waals surface area (Å²) in [6.07, 6.45) is 0.848. The lowest BCUT2D eigenvalue weighted by Gasteiger charge is -2.28. The summed E-state index contributed by atoms with van der Waals surface area (Å²) in [6, 6.07) is 20.6. The van der Waals surface area contributed by atoms with Crippen molar-refractivity contribution in [1.29, 1.82) is 0 Å². The minimum atomic E-state index is -0.167. The van der Waals surface area contributed by atoms with Gasteiger partial charge in [-0.1, -0.05) is 35.9 Å². The highest BCUT2D eigenvalue weighted by Crippen LogP contribution is 2.22. The number of rotatable bonds is 4. The van der Waals surface area contributed by atoms with Gasteiger partial charge in [-0.3, -0.25) is 9.69 Å². The molecule has 4 heteroatoms. The van der Waals surface area contributed by atoms with Gasteiger partial charge >= 0.3 is 0 Å². The molecule has 0 aromatic heterocycles. The zero-order valence-corrected chi connectivity index (χ0v) is 15.9. The highest BCUT2D eigenvalue weighted by molar-refractivity contribution is 6.04. The average molecular weight is 374 g/mol. The van der Waals surface area contributed by atoms with Crippen LogP contribution in [0.15, 0.2) is 66.7 Å². The van der Waals surface area contributed by atoms with Crippen molar-refractivity contribution in [2.24, 2.45) is 0 Å². The molecule has 0 unspecified atom stereocenters. The Labute approximate surface area is 164 Å². The molecule has 3 aromatic rings. The second kappa shape index (κ2) is 7.95. The summed E-state index contributed by atoms with van der Waals surface area (Å²) in [5, 5.41) is 2.95. The second-order valence-electron chi connectivity index (χ2n) is 7.39. The van der Waals surface area contributed by atoms with Gasteiger partial charge < -0.3 is 5.32 Å². The molecule has 142 valence electrons. The molecule has 0 saturated carbocycles. The Bertz CT molecular complexity index is 998. The van der Waals surface area contributed by atoms with E-state index >= 15 is 0 Å². The minimum absolute atomic E-state index is 0.106. The van der Waals surface area contributed by atoms with Gasteiger partial charge in [0.1, 0.15) is 5.82 Å². The highest BCUT2D eigenvalue weighted by atomic mass is 19.1. The van der Waals surface area contributed by atoms with E-state index in [1.807, 2.05) is 61.5 Å². The highest BCUT2D eigenvalue weighted by Gasteiger charge is 2.17. The molecule has 3 nitrogen and oxygen atoms in total. The molecule has 1 aliphatic heterocycles. The lowest BCUT2D eigenvalue weighted by Crippen LogP contribution is -2.30. The predicted octanol–water partition coefficient (Wildman–Crippen LogP) is 4.94. The van der Waals surface area contributed by atoms with Crippen molar-refractivity contribution in [1.82, 2.24) is 4.90 Å². The summed E-state index contributed by atoms with van der Waals surface area (Å²) in [7, 11) is 0. The normalized spacial score (nSPS) is 13.8. The first-order valence-electron chi connectivity index (χ1n) is 9.53. The van der Waals surface area contributed by atoms with Crippen molar-refractivity contribution >= 4 is 11.6 Å². The lowest BCUT2D eigenvalue weighted by atomic mass is 9.99. The Kier molecular flexibility index (Phi) is 5.22. The average Bonchev–Trinajstić information content (AvgIpc) is 2.70. The molecular weight excluding hydrogens is 351 g/mol. The van der Waals surface area contributed by atoms with Crippen LogP contribution in [0.4, 0.5) is 10.1 Å². The van der Waals surface area contributed by atoms with Crippen LogP contribution in [-0.2, 0) is 19.5 Å². The third kappa shape index (κ3) is 4.29. The maximum Gasteiger partial charge on any atom is 0.255 e. The molecule has 0 spiro atoms. The van der Waals surface area contributed by atoms with E-state index in [2.05, 4.69) is 10.2 Å². The summed E-state index contributed by atoms with van der Waals surface area (Å²) in [5.74, 6) is -0.273. The van der Waals surface area contributed by atoms with E-state index in [4.69, 9.17) is 0 Å². The Hall–Kier alpha value is -2.98. The molecule has 0 saturated heterocycles. The molecular formula is C24H23FN2O. The van der Waals surface area contributed by atoms with Crippen LogP contribution in [0, 0.1) is 12.7 Å². The van der Waals surface area contributed by atoms with Crippen molar-refractivity contribution in [2.75, 3.05) is 11.9 Å². The molecule has 0 fully saturated rings. The minimum Gasteiger partial charge on any atom is -0.322 e. The van der Waals surface area contributed by atoms with E-state index in [1.165, 1.54) is 11.6 Å². The lowest BCUT2D eigenvalue weighted by molar-refractivity contribution is 0.102. The van der Waals surface area contributed by atoms with Gasteiger partial charge in [0.15, 0.2) is 0 Å². The van der Waals surface area contributed by atoms with Crippen molar-refractivity contribution in [3.8, 4) is 0 Å². The fourth-order valence-corrected chi connectivity index (χ4v) is 3.62. The molecule has 4 rings (SSSR count). The number of fused-ring (bicyclic) bond motifs is 1. The van der Waals surface area contributed by atoms with E-state index < -0.39 is 0 Å². The van der Waals surface area contributed by atoms with Gasteiger partial charge in [0.05, 0.1) is 0 Å². The maximum atomic E-state index is 13.4. The molecule has 0 aliphatic carbocycles. The van der Waals surface area contributed by atoms with Crippen LogP contribution in [-0.4, -0.2) is 17.4 Å². The second-order valence-corrected chi connectivity index (χ2v) is 7.39. The Morgan fingerprint density at radius 3 is 2.68 bits per heavy atom. The van der Waals surface area contributed by atoms with Gasteiger partial charge in [-0.05, 0) is 66.4 Å². The zero-order chi connectivity index (χ0) is 19.5. The number of aryl methyl sites for hydroxylation is 1. The summed E-state index contributed by atoms with van der Waals surface area (Å²) >= 11 is 0. The molecule has 1 aliphatic rings. The summed E-state index contributed by atoms with van der Waals surface area (Å²) in [4.78, 5) is 14.9. The van der Waals surface area contributed by atoms with Crippen molar-refractivity contribution < 1.29 is 9.18 Å². The summed E-state index contributed by atoms with van der Waals surface area (Å²) in [5.41, 5.74) is 5.98. The van der Waals surface area contributed by atoms with Crippen LogP contribution >= 0.6 is 0 Å². The van der Waals surface area contributed by atoms with Gasteiger partial charge in [-0.2, -0.15) is 0 Å². The molecule has 28 heavy (non-hydrogen) atoms. The molecule has 0 radical (unpaired) electrons. The maximum absolute atomic E-state index is 13.4. The topological polar surface area (TPSA) is 32.3 Å². The van der Waals surface area contributed by atoms with Gasteiger partial charge in [0, 0.05) is 30.9 Å². The number of hydrogen-bond acceptors (Lipinski definition) is 2. The van der Waals surface area contributed by atoms with Gasteiger partial charge in [0.25, 0.3) is 5.91 Å². The van der Waals surface area contributed by atoms with E-state index in [0.717, 1.165) is 48.4 Å². The Morgan fingerprint density at radius 1 is 1.04 bits per heavy atom. The van der Waals surface area contributed by atoms with Gasteiger partial charge in [-0.25, -0.2) is 4.39 Å². The van der Waals surface area contributed by atoms with Crippen LogP contribution < -0.4 is 5.32 Å². The third-order valence-corrected chi connectivity index (χ3v) is 5.16. The van der Waals surface area contributed by atoms with Crippen LogP contribution in [0.2, 0.25) is 0 Å². The monoisotopic (exact) mass is 374 g/mol. The number of amides is 1. The summed E-state index contributed by atoms with van der Waals surface area (Å²) in [6.45, 7) is 4.47. The summed E-state index contributed by atoms with van der Waals surface area (Å²) < 4.78 is 13.4. The smallest absolute Gasteiger partial charge is 0.255 e. The van der Waals surface area contributed by atoms with Crippen LogP contribution in [0.3, 0.4) is 0 Å². The van der Waals surface area contributed by atoms with Crippen molar-refractivity contribution in [3.63, 3.8) is 0 Å². The first-order chi connectivity index (χ1) is 13.6. The number of hydrogen-bond donors (Lipinski definition) is 1. The molecule has 3 aromatic carbocycles. The largest absolute Gasteiger partial charge is 0.322 e. The first-order valence-corrected chi connectivity index (χ1v) is 9.53. The standard InChI is InChI=1S/C24H23FN2O/c1-17-5-9-23(10-6-17)26-24(28)20-4-2-3-18(13-20)15-27-12-11-19-14-22(25)8-7-21(19)16-27/h2-10,13-14H,11-12,15-16H2,1H3,(H,26,28). The fraction of sp³-hybridized carbons (Fsp3) is 0.208. The zero-order valence-electron chi connectivity index (χ0n) is 15.9. The Morgan fingerprint density at radius 2 is 1.86 bits per heavy atom. The van der Waals surface area contributed by atoms with Crippen molar-refractivity contribution in [2.45, 2.75) is 26.4 Å². The first kappa shape index (κ1) is 18.4. The molecule has 0 atom stereocenters. The fourth-order valence-electron chi connectivity index (χ4n) is 3.62. The quantitative estimate of drug-likeness (QED) is 0.701. The molecule has 1 N–H and O–H groups in total. The number of halogens is 1. The van der Waals surface area contributed by atoms with Gasteiger partial charge in [-0.15, -0.1) is 0 Å². The number of anilines is 1. The SMILES string of the molecule is Cc1ccc(NC(=O)c2cccc(CN3CCc4cc(F)ccc4C3)c2)cc1. The molecule has 1 heterocycles. The number of carbonyl (C=O) groups excluding carboxylic acids is 1. The predicted molar refractivity (Wildman–Crippen MR) is 110 cm³/mol.